The highest BCUT2D eigenvalue weighted by Crippen LogP contribution is 2.28. The molecule has 4 nitrogen and oxygen atoms in total. The Kier molecular flexibility index (Phi) is 4.82. The molecule has 4 heteroatoms. The summed E-state index contributed by atoms with van der Waals surface area (Å²) in [6.45, 7) is 3.75. The summed E-state index contributed by atoms with van der Waals surface area (Å²) in [7, 11) is 1.84. The third-order valence-corrected chi connectivity index (χ3v) is 4.24. The van der Waals surface area contributed by atoms with E-state index in [1.807, 2.05) is 44.3 Å². The van der Waals surface area contributed by atoms with Crippen molar-refractivity contribution >= 4 is 5.91 Å². The smallest absolute Gasteiger partial charge is 0.236 e. The molecule has 1 heterocycles. The molecule has 23 heavy (non-hydrogen) atoms. The lowest BCUT2D eigenvalue weighted by Crippen LogP contribution is -2.38. The van der Waals surface area contributed by atoms with Gasteiger partial charge >= 0.3 is 0 Å². The summed E-state index contributed by atoms with van der Waals surface area (Å²) in [5.41, 5.74) is 1.26. The molecule has 1 aromatic heterocycles. The van der Waals surface area contributed by atoms with E-state index in [2.05, 4.69) is 17.0 Å². The monoisotopic (exact) mass is 312 g/mol. The van der Waals surface area contributed by atoms with Crippen LogP contribution in [0.2, 0.25) is 0 Å². The van der Waals surface area contributed by atoms with Crippen molar-refractivity contribution in [2.75, 3.05) is 13.6 Å². The molecule has 1 fully saturated rings. The Morgan fingerprint density at radius 3 is 2.48 bits per heavy atom. The van der Waals surface area contributed by atoms with Crippen LogP contribution in [0.25, 0.3) is 0 Å². The molecule has 1 saturated carbocycles. The first-order valence-corrected chi connectivity index (χ1v) is 8.19. The lowest BCUT2D eigenvalue weighted by atomic mass is 10.2. The number of aryl methyl sites for hydroxylation is 1. The zero-order valence-electron chi connectivity index (χ0n) is 13.9. The number of rotatable bonds is 7. The Morgan fingerprint density at radius 1 is 1.13 bits per heavy atom. The summed E-state index contributed by atoms with van der Waals surface area (Å²) in [6, 6.07) is 14.8. The summed E-state index contributed by atoms with van der Waals surface area (Å²) in [5, 5.41) is 0. The van der Waals surface area contributed by atoms with Gasteiger partial charge in [-0.1, -0.05) is 30.3 Å². The van der Waals surface area contributed by atoms with Gasteiger partial charge in [0.25, 0.3) is 0 Å². The highest BCUT2D eigenvalue weighted by molar-refractivity contribution is 5.78. The number of likely N-dealkylation sites (N-methyl/N-ethyl adjacent to an activating group) is 1. The average Bonchev–Trinajstić information content (AvgIpc) is 3.31. The van der Waals surface area contributed by atoms with Crippen molar-refractivity contribution in [2.45, 2.75) is 38.9 Å². The third-order valence-electron chi connectivity index (χ3n) is 4.24. The number of benzene rings is 1. The van der Waals surface area contributed by atoms with E-state index in [4.69, 9.17) is 4.42 Å². The molecule has 2 aromatic rings. The minimum atomic E-state index is 0.141. The minimum absolute atomic E-state index is 0.141. The molecule has 0 spiro atoms. The topological polar surface area (TPSA) is 36.7 Å². The normalized spacial score (nSPS) is 14.2. The predicted molar refractivity (Wildman–Crippen MR) is 89.8 cm³/mol. The molecule has 0 bridgehead atoms. The quantitative estimate of drug-likeness (QED) is 0.788. The summed E-state index contributed by atoms with van der Waals surface area (Å²) >= 11 is 0. The van der Waals surface area contributed by atoms with Crippen LogP contribution in [0.3, 0.4) is 0 Å². The van der Waals surface area contributed by atoms with Crippen LogP contribution in [0.15, 0.2) is 46.9 Å². The number of hydrogen-bond acceptors (Lipinski definition) is 3. The molecule has 0 saturated heterocycles. The molecular formula is C19H24N2O2. The number of carbonyl (C=O) groups excluding carboxylic acids is 1. The van der Waals surface area contributed by atoms with Gasteiger partial charge in [-0.25, -0.2) is 0 Å². The number of hydrogen-bond donors (Lipinski definition) is 0. The fraction of sp³-hybridized carbons (Fsp3) is 0.421. The number of carbonyl (C=O) groups is 1. The lowest BCUT2D eigenvalue weighted by molar-refractivity contribution is -0.132. The lowest BCUT2D eigenvalue weighted by Gasteiger charge is -2.24. The Morgan fingerprint density at radius 2 is 1.87 bits per heavy atom. The van der Waals surface area contributed by atoms with E-state index >= 15 is 0 Å². The van der Waals surface area contributed by atoms with E-state index in [1.54, 1.807) is 4.90 Å². The van der Waals surface area contributed by atoms with E-state index in [-0.39, 0.29) is 5.91 Å². The van der Waals surface area contributed by atoms with Crippen LogP contribution >= 0.6 is 0 Å². The van der Waals surface area contributed by atoms with Crippen molar-refractivity contribution in [3.05, 3.63) is 59.5 Å². The first kappa shape index (κ1) is 15.8. The third kappa shape index (κ3) is 4.45. The maximum absolute atomic E-state index is 12.5. The fourth-order valence-electron chi connectivity index (χ4n) is 2.76. The van der Waals surface area contributed by atoms with Crippen LogP contribution < -0.4 is 0 Å². The van der Waals surface area contributed by atoms with Crippen molar-refractivity contribution in [3.8, 4) is 0 Å². The molecule has 1 amide bonds. The number of nitrogens with zero attached hydrogens (tertiary/aromatic N) is 2. The molecule has 0 radical (unpaired) electrons. The molecule has 1 aliphatic rings. The zero-order chi connectivity index (χ0) is 16.2. The molecule has 3 rings (SSSR count). The standard InChI is InChI=1S/C19H24N2O2/c1-15-8-11-18(23-15)13-20(2)19(22)14-21(17-9-10-17)12-16-6-4-3-5-7-16/h3-8,11,17H,9-10,12-14H2,1-2H3. The Hall–Kier alpha value is -2.07. The van der Waals surface area contributed by atoms with Gasteiger partial charge in [0, 0.05) is 19.6 Å². The molecule has 1 aromatic carbocycles. The molecule has 0 unspecified atom stereocenters. The second-order valence-corrected chi connectivity index (χ2v) is 6.38. The molecule has 0 N–H and O–H groups in total. The molecule has 0 atom stereocenters. The highest BCUT2D eigenvalue weighted by Gasteiger charge is 2.31. The fourth-order valence-corrected chi connectivity index (χ4v) is 2.76. The Balaban J connectivity index is 1.57. The van der Waals surface area contributed by atoms with Gasteiger partial charge in [-0.2, -0.15) is 0 Å². The average molecular weight is 312 g/mol. The molecule has 0 aliphatic heterocycles. The van der Waals surface area contributed by atoms with Gasteiger partial charge in [0.05, 0.1) is 13.1 Å². The van der Waals surface area contributed by atoms with E-state index in [9.17, 15) is 4.79 Å². The van der Waals surface area contributed by atoms with Crippen LogP contribution in [0.4, 0.5) is 0 Å². The predicted octanol–water partition coefficient (Wildman–Crippen LogP) is 3.21. The number of amides is 1. The maximum atomic E-state index is 12.5. The van der Waals surface area contributed by atoms with Gasteiger partial charge in [-0.15, -0.1) is 0 Å². The summed E-state index contributed by atoms with van der Waals surface area (Å²) in [6.07, 6.45) is 2.39. The van der Waals surface area contributed by atoms with Gasteiger partial charge in [0.2, 0.25) is 5.91 Å². The second-order valence-electron chi connectivity index (χ2n) is 6.38. The van der Waals surface area contributed by atoms with E-state index in [1.165, 1.54) is 18.4 Å². The van der Waals surface area contributed by atoms with E-state index in [0.29, 0.717) is 19.1 Å². The van der Waals surface area contributed by atoms with Gasteiger partial charge < -0.3 is 9.32 Å². The van der Waals surface area contributed by atoms with E-state index in [0.717, 1.165) is 18.1 Å². The van der Waals surface area contributed by atoms with Crippen LogP contribution in [0, 0.1) is 6.92 Å². The summed E-state index contributed by atoms with van der Waals surface area (Å²) in [4.78, 5) is 16.6. The van der Waals surface area contributed by atoms with Crippen LogP contribution in [0.5, 0.6) is 0 Å². The van der Waals surface area contributed by atoms with Crippen molar-refractivity contribution in [3.63, 3.8) is 0 Å². The zero-order valence-corrected chi connectivity index (χ0v) is 13.9. The van der Waals surface area contributed by atoms with Crippen molar-refractivity contribution in [1.29, 1.82) is 0 Å². The summed E-state index contributed by atoms with van der Waals surface area (Å²) < 4.78 is 5.56. The first-order valence-electron chi connectivity index (χ1n) is 8.19. The largest absolute Gasteiger partial charge is 0.464 e. The molecular weight excluding hydrogens is 288 g/mol. The van der Waals surface area contributed by atoms with Gasteiger partial charge in [0.15, 0.2) is 0 Å². The van der Waals surface area contributed by atoms with Crippen molar-refractivity contribution in [1.82, 2.24) is 9.80 Å². The van der Waals surface area contributed by atoms with Gasteiger partial charge in [-0.05, 0) is 37.5 Å². The first-order chi connectivity index (χ1) is 11.1. The summed E-state index contributed by atoms with van der Waals surface area (Å²) in [5.74, 6) is 1.85. The van der Waals surface area contributed by atoms with Gasteiger partial charge in [-0.3, -0.25) is 9.69 Å². The van der Waals surface area contributed by atoms with Crippen molar-refractivity contribution in [2.24, 2.45) is 0 Å². The Bertz CT molecular complexity index is 646. The maximum Gasteiger partial charge on any atom is 0.236 e. The van der Waals surface area contributed by atoms with E-state index < -0.39 is 0 Å². The van der Waals surface area contributed by atoms with Crippen LogP contribution in [-0.2, 0) is 17.9 Å². The van der Waals surface area contributed by atoms with Crippen molar-refractivity contribution < 1.29 is 9.21 Å². The molecule has 122 valence electrons. The Labute approximate surface area is 137 Å². The van der Waals surface area contributed by atoms with Crippen LogP contribution in [0.1, 0.15) is 29.9 Å². The van der Waals surface area contributed by atoms with Crippen LogP contribution in [-0.4, -0.2) is 35.3 Å². The second kappa shape index (κ2) is 7.01. The highest BCUT2D eigenvalue weighted by atomic mass is 16.3. The molecule has 1 aliphatic carbocycles. The SMILES string of the molecule is Cc1ccc(CN(C)C(=O)CN(Cc2ccccc2)C2CC2)o1. The minimum Gasteiger partial charge on any atom is -0.464 e. The van der Waals surface area contributed by atoms with Gasteiger partial charge in [0.1, 0.15) is 11.5 Å². The number of furan rings is 1.